The Labute approximate surface area is 197 Å². The molecule has 1 aliphatic rings. The fraction of sp³-hybridized carbons (Fsp3) is 0.318. The minimum absolute atomic E-state index is 0.169. The van der Waals surface area contributed by atoms with E-state index in [1.54, 1.807) is 34.6 Å². The molecule has 170 valence electrons. The van der Waals surface area contributed by atoms with Gasteiger partial charge in [0.2, 0.25) is 5.76 Å². The Bertz CT molecular complexity index is 1320. The summed E-state index contributed by atoms with van der Waals surface area (Å²) in [6.07, 6.45) is 0. The number of amides is 2. The molecule has 33 heavy (non-hydrogen) atoms. The average molecular weight is 484 g/mol. The summed E-state index contributed by atoms with van der Waals surface area (Å²) >= 11 is 3.07. The summed E-state index contributed by atoms with van der Waals surface area (Å²) in [5.41, 5.74) is 2.19. The van der Waals surface area contributed by atoms with Crippen LogP contribution in [0.3, 0.4) is 0 Å². The fourth-order valence-corrected chi connectivity index (χ4v) is 5.61. The van der Waals surface area contributed by atoms with Crippen molar-refractivity contribution < 1.29 is 18.5 Å². The van der Waals surface area contributed by atoms with E-state index in [2.05, 4.69) is 15.4 Å². The van der Waals surface area contributed by atoms with Crippen molar-refractivity contribution in [3.05, 3.63) is 58.1 Å². The molecule has 0 spiro atoms. The van der Waals surface area contributed by atoms with Crippen LogP contribution in [0, 0.1) is 13.8 Å². The summed E-state index contributed by atoms with van der Waals surface area (Å²) in [6.45, 7) is 5.34. The topological polar surface area (TPSA) is 106 Å². The monoisotopic (exact) mass is 483 g/mol. The molecule has 4 aromatic rings. The van der Waals surface area contributed by atoms with Gasteiger partial charge >= 0.3 is 0 Å². The first kappa shape index (κ1) is 21.7. The molecule has 0 aliphatic carbocycles. The van der Waals surface area contributed by atoms with Gasteiger partial charge in [0.25, 0.3) is 11.8 Å². The molecule has 11 heteroatoms. The molecule has 0 N–H and O–H groups in total. The Morgan fingerprint density at radius 3 is 2.45 bits per heavy atom. The van der Waals surface area contributed by atoms with Crippen LogP contribution in [0.4, 0.5) is 0 Å². The number of nitrogens with zero attached hydrogens (tertiary/aromatic N) is 5. The number of para-hydroxylation sites is 1. The number of piperazine rings is 1. The highest BCUT2D eigenvalue weighted by molar-refractivity contribution is 8.00. The Morgan fingerprint density at radius 2 is 1.79 bits per heavy atom. The summed E-state index contributed by atoms with van der Waals surface area (Å²) in [5.74, 6) is 0.732. The van der Waals surface area contributed by atoms with Gasteiger partial charge in [0.05, 0.1) is 5.69 Å². The Morgan fingerprint density at radius 1 is 1.06 bits per heavy atom. The number of hydrogen-bond acceptors (Lipinski definition) is 9. The van der Waals surface area contributed by atoms with Gasteiger partial charge in [-0.25, -0.2) is 0 Å². The molecule has 9 nitrogen and oxygen atoms in total. The van der Waals surface area contributed by atoms with Crippen LogP contribution in [-0.2, 0) is 5.75 Å². The zero-order valence-corrected chi connectivity index (χ0v) is 19.7. The lowest BCUT2D eigenvalue weighted by atomic mass is 10.1. The smallest absolute Gasteiger partial charge is 0.292 e. The summed E-state index contributed by atoms with van der Waals surface area (Å²) in [5, 5.41) is 13.8. The number of thioether (sulfide) groups is 1. The van der Waals surface area contributed by atoms with Crippen molar-refractivity contribution in [1.29, 1.82) is 0 Å². The molecular weight excluding hydrogens is 462 g/mol. The largest absolute Gasteiger partial charge is 0.451 e. The predicted molar refractivity (Wildman–Crippen MR) is 123 cm³/mol. The van der Waals surface area contributed by atoms with E-state index < -0.39 is 0 Å². The number of aromatic nitrogens is 3. The molecule has 0 saturated carbocycles. The van der Waals surface area contributed by atoms with Gasteiger partial charge in [-0.3, -0.25) is 9.59 Å². The molecule has 0 unspecified atom stereocenters. The summed E-state index contributed by atoms with van der Waals surface area (Å²) < 4.78 is 12.0. The number of benzene rings is 1. The average Bonchev–Trinajstić information content (AvgIpc) is 3.55. The van der Waals surface area contributed by atoms with Gasteiger partial charge in [0.15, 0.2) is 10.1 Å². The van der Waals surface area contributed by atoms with Crippen LogP contribution in [0.15, 0.2) is 43.6 Å². The minimum Gasteiger partial charge on any atom is -0.451 e. The van der Waals surface area contributed by atoms with E-state index in [9.17, 15) is 9.59 Å². The lowest BCUT2D eigenvalue weighted by Gasteiger charge is -2.33. The van der Waals surface area contributed by atoms with Gasteiger partial charge in [-0.15, -0.1) is 10.2 Å². The summed E-state index contributed by atoms with van der Waals surface area (Å²) in [7, 11) is 0. The predicted octanol–water partition coefficient (Wildman–Crippen LogP) is 3.78. The van der Waals surface area contributed by atoms with E-state index >= 15 is 0 Å². The van der Waals surface area contributed by atoms with Gasteiger partial charge in [0.1, 0.15) is 10.6 Å². The van der Waals surface area contributed by atoms with Crippen LogP contribution in [-0.4, -0.2) is 63.1 Å². The van der Waals surface area contributed by atoms with E-state index in [-0.39, 0.29) is 17.6 Å². The molecule has 0 bridgehead atoms. The molecule has 1 fully saturated rings. The minimum atomic E-state index is -0.212. The number of carbonyl (C=O) groups excluding carboxylic acids is 2. The molecule has 1 saturated heterocycles. The highest BCUT2D eigenvalue weighted by Gasteiger charge is 2.30. The molecule has 0 atom stereocenters. The Balaban J connectivity index is 1.32. The van der Waals surface area contributed by atoms with Gasteiger partial charge in [-0.1, -0.05) is 46.5 Å². The third-order valence-electron chi connectivity index (χ3n) is 5.43. The zero-order chi connectivity index (χ0) is 22.9. The molecule has 1 aliphatic heterocycles. The quantitative estimate of drug-likeness (QED) is 0.395. The van der Waals surface area contributed by atoms with E-state index in [0.29, 0.717) is 49.0 Å². The molecule has 0 radical (unpaired) electrons. The Kier molecular flexibility index (Phi) is 5.90. The van der Waals surface area contributed by atoms with E-state index in [1.807, 2.05) is 31.2 Å². The number of aryl methyl sites for hydroxylation is 2. The van der Waals surface area contributed by atoms with Crippen LogP contribution in [0.1, 0.15) is 37.4 Å². The van der Waals surface area contributed by atoms with Gasteiger partial charge < -0.3 is 18.7 Å². The highest BCUT2D eigenvalue weighted by Crippen LogP contribution is 2.33. The maximum atomic E-state index is 13.4. The zero-order valence-electron chi connectivity index (χ0n) is 18.1. The lowest BCUT2D eigenvalue weighted by molar-refractivity contribution is 0.0498. The molecule has 2 amide bonds. The highest BCUT2D eigenvalue weighted by atomic mass is 32.2. The standard InChI is InChI=1S/C22H21N5O4S2/c1-13-11-18(31-25-13)20(28)26-7-9-27(10-8-26)21(29)19-16(12-32-22-24-23-14(2)33-22)15-5-3-4-6-17(15)30-19/h3-6,11H,7-10,12H2,1-2H3. The SMILES string of the molecule is Cc1cc(C(=O)N2CCN(C(=O)c3oc4ccccc4c3CSc3nnc(C)s3)CC2)on1. The van der Waals surface area contributed by atoms with Gasteiger partial charge in [-0.2, -0.15) is 0 Å². The van der Waals surface area contributed by atoms with Crippen molar-refractivity contribution in [2.75, 3.05) is 26.2 Å². The van der Waals surface area contributed by atoms with Crippen LogP contribution in [0.5, 0.6) is 0 Å². The van der Waals surface area contributed by atoms with E-state index in [1.165, 1.54) is 11.3 Å². The normalized spacial score (nSPS) is 14.2. The summed E-state index contributed by atoms with van der Waals surface area (Å²) in [6, 6.07) is 9.28. The van der Waals surface area contributed by atoms with Gasteiger partial charge in [-0.05, 0) is 19.9 Å². The van der Waals surface area contributed by atoms with Crippen molar-refractivity contribution in [3.63, 3.8) is 0 Å². The third kappa shape index (κ3) is 4.38. The third-order valence-corrected chi connectivity index (χ3v) is 7.43. The second-order valence-electron chi connectivity index (χ2n) is 7.70. The van der Waals surface area contributed by atoms with Crippen molar-refractivity contribution in [3.8, 4) is 0 Å². The first-order chi connectivity index (χ1) is 16.0. The van der Waals surface area contributed by atoms with E-state index in [0.717, 1.165) is 20.3 Å². The number of furan rings is 1. The number of carbonyl (C=O) groups is 2. The molecule has 1 aromatic carbocycles. The number of rotatable bonds is 5. The maximum Gasteiger partial charge on any atom is 0.292 e. The lowest BCUT2D eigenvalue weighted by Crippen LogP contribution is -2.50. The van der Waals surface area contributed by atoms with Crippen LogP contribution >= 0.6 is 23.1 Å². The number of fused-ring (bicyclic) bond motifs is 1. The first-order valence-corrected chi connectivity index (χ1v) is 12.2. The second kappa shape index (κ2) is 8.99. The first-order valence-electron chi connectivity index (χ1n) is 10.4. The molecular formula is C22H21N5O4S2. The van der Waals surface area contributed by atoms with E-state index in [4.69, 9.17) is 8.94 Å². The van der Waals surface area contributed by atoms with Crippen molar-refractivity contribution >= 4 is 45.9 Å². The fourth-order valence-electron chi connectivity index (χ4n) is 3.76. The Hall–Kier alpha value is -3.18. The van der Waals surface area contributed by atoms with Crippen LogP contribution in [0.2, 0.25) is 0 Å². The van der Waals surface area contributed by atoms with Crippen molar-refractivity contribution in [2.45, 2.75) is 23.9 Å². The van der Waals surface area contributed by atoms with Gasteiger partial charge in [0, 0.05) is 48.9 Å². The summed E-state index contributed by atoms with van der Waals surface area (Å²) in [4.78, 5) is 29.4. The molecule has 3 aromatic heterocycles. The molecule has 4 heterocycles. The van der Waals surface area contributed by atoms with Crippen molar-refractivity contribution in [2.24, 2.45) is 0 Å². The van der Waals surface area contributed by atoms with Crippen LogP contribution in [0.25, 0.3) is 11.0 Å². The van der Waals surface area contributed by atoms with Crippen molar-refractivity contribution in [1.82, 2.24) is 25.2 Å². The van der Waals surface area contributed by atoms with Crippen LogP contribution < -0.4 is 0 Å². The number of hydrogen-bond donors (Lipinski definition) is 0. The second-order valence-corrected chi connectivity index (χ2v) is 10.1. The molecule has 5 rings (SSSR count). The maximum absolute atomic E-state index is 13.4.